The molecule has 1 aliphatic heterocycles. The predicted molar refractivity (Wildman–Crippen MR) is 63.1 cm³/mol. The Morgan fingerprint density at radius 1 is 1.59 bits per heavy atom. The lowest BCUT2D eigenvalue weighted by Gasteiger charge is -2.28. The van der Waals surface area contributed by atoms with Gasteiger partial charge in [-0.05, 0) is 18.8 Å². The molecule has 3 N–H and O–H groups in total. The summed E-state index contributed by atoms with van der Waals surface area (Å²) in [6.45, 7) is 0.479. The van der Waals surface area contributed by atoms with Crippen molar-refractivity contribution in [3.05, 3.63) is 0 Å². The van der Waals surface area contributed by atoms with Crippen molar-refractivity contribution >= 4 is 17.5 Å². The van der Waals surface area contributed by atoms with Gasteiger partial charge < -0.3 is 10.6 Å². The van der Waals surface area contributed by atoms with Crippen molar-refractivity contribution in [3.8, 4) is 0 Å². The molecule has 1 heterocycles. The average molecular weight is 238 g/mol. The molecule has 0 aromatic rings. The molecule has 0 aromatic carbocycles. The van der Waals surface area contributed by atoms with Gasteiger partial charge in [0, 0.05) is 32.5 Å². The summed E-state index contributed by atoms with van der Waals surface area (Å²) in [6.07, 6.45) is 3.03. The molecule has 94 valence electrons. The Morgan fingerprint density at radius 2 is 2.29 bits per heavy atom. The lowest BCUT2D eigenvalue weighted by molar-refractivity contribution is -0.125. The third kappa shape index (κ3) is 2.63. The predicted octanol–water partition coefficient (Wildman–Crippen LogP) is -0.552. The largest absolute Gasteiger partial charge is 0.336 e. The van der Waals surface area contributed by atoms with Gasteiger partial charge in [-0.25, -0.2) is 5.43 Å². The van der Waals surface area contributed by atoms with E-state index in [1.807, 2.05) is 0 Å². The average Bonchev–Trinajstić information content (AvgIpc) is 3.14. The summed E-state index contributed by atoms with van der Waals surface area (Å²) in [4.78, 5) is 24.7. The zero-order valence-electron chi connectivity index (χ0n) is 9.98. The second-order valence-corrected chi connectivity index (χ2v) is 4.65. The van der Waals surface area contributed by atoms with Crippen molar-refractivity contribution in [2.24, 2.45) is 16.8 Å². The van der Waals surface area contributed by atoms with Crippen LogP contribution in [0.5, 0.6) is 0 Å². The van der Waals surface area contributed by atoms with Crippen LogP contribution < -0.4 is 11.2 Å². The molecule has 0 aromatic heterocycles. The molecular weight excluding hydrogens is 220 g/mol. The fourth-order valence-electron chi connectivity index (χ4n) is 2.13. The molecule has 0 radical (unpaired) electrons. The monoisotopic (exact) mass is 238 g/mol. The number of carbonyl (C=O) groups excluding carboxylic acids is 2. The second-order valence-electron chi connectivity index (χ2n) is 4.65. The Balaban J connectivity index is 2.00. The van der Waals surface area contributed by atoms with E-state index in [9.17, 15) is 9.59 Å². The Hall–Kier alpha value is -1.43. The fourth-order valence-corrected chi connectivity index (χ4v) is 2.13. The van der Waals surface area contributed by atoms with E-state index >= 15 is 0 Å². The Morgan fingerprint density at radius 3 is 2.76 bits per heavy atom. The molecule has 6 heteroatoms. The van der Waals surface area contributed by atoms with E-state index in [0.29, 0.717) is 31.0 Å². The van der Waals surface area contributed by atoms with Gasteiger partial charge in [-0.1, -0.05) is 0 Å². The summed E-state index contributed by atoms with van der Waals surface area (Å²) in [6, 6.07) is 0.0998. The molecule has 2 rings (SSSR count). The molecule has 1 unspecified atom stereocenters. The molecule has 6 nitrogen and oxygen atoms in total. The number of hydrogen-bond acceptors (Lipinski definition) is 4. The highest BCUT2D eigenvalue weighted by molar-refractivity contribution is 6.39. The molecule has 0 spiro atoms. The zero-order chi connectivity index (χ0) is 12.4. The Labute approximate surface area is 100 Å². The SMILES string of the molecule is CN(C(=O)C1=NNC(=O)CC1)C(CN)C1CC1. The van der Waals surface area contributed by atoms with Crippen LogP contribution in [0.25, 0.3) is 0 Å². The van der Waals surface area contributed by atoms with Crippen molar-refractivity contribution in [1.29, 1.82) is 0 Å². The summed E-state index contributed by atoms with van der Waals surface area (Å²) in [5, 5.41) is 3.81. The van der Waals surface area contributed by atoms with Gasteiger partial charge in [0.1, 0.15) is 5.71 Å². The highest BCUT2D eigenvalue weighted by Crippen LogP contribution is 2.34. The summed E-state index contributed by atoms with van der Waals surface area (Å²) in [7, 11) is 1.76. The van der Waals surface area contributed by atoms with Gasteiger partial charge >= 0.3 is 0 Å². The second kappa shape index (κ2) is 4.83. The number of likely N-dealkylation sites (N-methyl/N-ethyl adjacent to an activating group) is 1. The lowest BCUT2D eigenvalue weighted by atomic mass is 10.1. The minimum Gasteiger partial charge on any atom is -0.336 e. The van der Waals surface area contributed by atoms with E-state index in [2.05, 4.69) is 10.5 Å². The van der Waals surface area contributed by atoms with Crippen molar-refractivity contribution in [1.82, 2.24) is 10.3 Å². The van der Waals surface area contributed by atoms with Gasteiger partial charge in [0.15, 0.2) is 0 Å². The van der Waals surface area contributed by atoms with Crippen LogP contribution in [-0.2, 0) is 9.59 Å². The minimum atomic E-state index is -0.137. The zero-order valence-corrected chi connectivity index (χ0v) is 9.98. The van der Waals surface area contributed by atoms with Crippen LogP contribution in [0.3, 0.4) is 0 Å². The van der Waals surface area contributed by atoms with E-state index in [1.165, 1.54) is 0 Å². The van der Waals surface area contributed by atoms with E-state index < -0.39 is 0 Å². The summed E-state index contributed by atoms with van der Waals surface area (Å²) < 4.78 is 0. The van der Waals surface area contributed by atoms with E-state index in [-0.39, 0.29) is 17.9 Å². The first kappa shape index (κ1) is 12.0. The molecule has 2 amide bonds. The van der Waals surface area contributed by atoms with E-state index in [1.54, 1.807) is 11.9 Å². The van der Waals surface area contributed by atoms with Crippen molar-refractivity contribution in [3.63, 3.8) is 0 Å². The number of carbonyl (C=O) groups is 2. The molecule has 0 saturated heterocycles. The van der Waals surface area contributed by atoms with Crippen LogP contribution in [0, 0.1) is 5.92 Å². The third-order valence-electron chi connectivity index (χ3n) is 3.38. The van der Waals surface area contributed by atoms with Crippen LogP contribution in [0.15, 0.2) is 5.10 Å². The molecular formula is C11H18N4O2. The van der Waals surface area contributed by atoms with Gasteiger partial charge in [0.2, 0.25) is 5.91 Å². The highest BCUT2D eigenvalue weighted by Gasteiger charge is 2.36. The first-order valence-corrected chi connectivity index (χ1v) is 5.96. The van der Waals surface area contributed by atoms with Gasteiger partial charge in [0.05, 0.1) is 0 Å². The van der Waals surface area contributed by atoms with Crippen LogP contribution >= 0.6 is 0 Å². The number of hydrogen-bond donors (Lipinski definition) is 2. The van der Waals surface area contributed by atoms with Gasteiger partial charge in [-0.15, -0.1) is 0 Å². The first-order chi connectivity index (χ1) is 8.13. The lowest BCUT2D eigenvalue weighted by Crippen LogP contribution is -2.47. The molecule has 1 fully saturated rings. The standard InChI is InChI=1S/C11H18N4O2/c1-15(9(6-12)7-2-3-7)11(17)8-4-5-10(16)14-13-8/h7,9H,2-6,12H2,1H3,(H,14,16). The smallest absolute Gasteiger partial charge is 0.270 e. The number of nitrogens with two attached hydrogens (primary N) is 1. The minimum absolute atomic E-state index is 0.0998. The Kier molecular flexibility index (Phi) is 3.42. The Bertz CT molecular complexity index is 362. The quantitative estimate of drug-likeness (QED) is 0.688. The maximum absolute atomic E-state index is 12.1. The summed E-state index contributed by atoms with van der Waals surface area (Å²) >= 11 is 0. The first-order valence-electron chi connectivity index (χ1n) is 5.96. The number of nitrogens with zero attached hydrogens (tertiary/aromatic N) is 2. The molecule has 1 atom stereocenters. The van der Waals surface area contributed by atoms with Gasteiger partial charge in [-0.2, -0.15) is 5.10 Å². The fraction of sp³-hybridized carbons (Fsp3) is 0.727. The van der Waals surface area contributed by atoms with Crippen molar-refractivity contribution < 1.29 is 9.59 Å². The molecule has 1 aliphatic carbocycles. The maximum Gasteiger partial charge on any atom is 0.270 e. The number of rotatable bonds is 4. The van der Waals surface area contributed by atoms with Gasteiger partial charge in [0.25, 0.3) is 5.91 Å². The number of hydrazone groups is 1. The number of amides is 2. The summed E-state index contributed by atoms with van der Waals surface area (Å²) in [5.41, 5.74) is 8.46. The molecule has 0 bridgehead atoms. The van der Waals surface area contributed by atoms with Crippen molar-refractivity contribution in [2.45, 2.75) is 31.7 Å². The highest BCUT2D eigenvalue weighted by atomic mass is 16.2. The topological polar surface area (TPSA) is 87.8 Å². The molecule has 2 aliphatic rings. The van der Waals surface area contributed by atoms with Crippen LogP contribution in [0.1, 0.15) is 25.7 Å². The maximum atomic E-state index is 12.1. The summed E-state index contributed by atoms with van der Waals surface area (Å²) in [5.74, 6) is 0.279. The molecule has 1 saturated carbocycles. The number of nitrogens with one attached hydrogen (secondary N) is 1. The van der Waals surface area contributed by atoms with Crippen LogP contribution in [0.2, 0.25) is 0 Å². The van der Waals surface area contributed by atoms with Crippen LogP contribution in [-0.4, -0.2) is 42.1 Å². The van der Waals surface area contributed by atoms with Crippen LogP contribution in [0.4, 0.5) is 0 Å². The normalized spacial score (nSPS) is 21.5. The third-order valence-corrected chi connectivity index (χ3v) is 3.38. The van der Waals surface area contributed by atoms with Crippen molar-refractivity contribution in [2.75, 3.05) is 13.6 Å². The molecule has 17 heavy (non-hydrogen) atoms. The van der Waals surface area contributed by atoms with E-state index in [4.69, 9.17) is 5.73 Å². The van der Waals surface area contributed by atoms with Gasteiger partial charge in [-0.3, -0.25) is 9.59 Å². The van der Waals surface area contributed by atoms with E-state index in [0.717, 1.165) is 12.8 Å².